The molecule has 3 rings (SSSR count). The van der Waals surface area contributed by atoms with Crippen LogP contribution in [-0.4, -0.2) is 11.0 Å². The Morgan fingerprint density at radius 1 is 0.926 bits per heavy atom. The van der Waals surface area contributed by atoms with Crippen LogP contribution in [0.25, 0.3) is 6.08 Å². The summed E-state index contributed by atoms with van der Waals surface area (Å²) in [5.41, 5.74) is 2.74. The number of anilines is 1. The van der Waals surface area contributed by atoms with Gasteiger partial charge in [-0.3, -0.25) is 4.79 Å². The Labute approximate surface area is 157 Å². The van der Waals surface area contributed by atoms with Crippen molar-refractivity contribution >= 4 is 29.0 Å². The third-order valence-electron chi connectivity index (χ3n) is 3.82. The molecule has 0 saturated carbocycles. The number of aromatic hydroxyl groups is 1. The molecule has 0 fully saturated rings. The van der Waals surface area contributed by atoms with Gasteiger partial charge in [0.15, 0.2) is 5.75 Å². The molecule has 0 atom stereocenters. The second kappa shape index (κ2) is 8.58. The summed E-state index contributed by atoms with van der Waals surface area (Å²) >= 11 is 0. The van der Waals surface area contributed by atoms with Gasteiger partial charge in [0.05, 0.1) is 11.3 Å². The van der Waals surface area contributed by atoms with Crippen LogP contribution in [0.4, 0.5) is 17.1 Å². The van der Waals surface area contributed by atoms with Gasteiger partial charge in [-0.05, 0) is 48.9 Å². The Morgan fingerprint density at radius 3 is 2.37 bits per heavy atom. The van der Waals surface area contributed by atoms with Gasteiger partial charge in [0, 0.05) is 5.69 Å². The van der Waals surface area contributed by atoms with Crippen molar-refractivity contribution in [2.24, 2.45) is 10.2 Å². The molecule has 1 amide bonds. The number of benzene rings is 3. The van der Waals surface area contributed by atoms with Gasteiger partial charge in [0.1, 0.15) is 5.69 Å². The minimum Gasteiger partial charge on any atom is -0.505 e. The highest BCUT2D eigenvalue weighted by Crippen LogP contribution is 2.32. The normalized spacial score (nSPS) is 11.1. The van der Waals surface area contributed by atoms with Crippen molar-refractivity contribution in [2.45, 2.75) is 6.92 Å². The van der Waals surface area contributed by atoms with Gasteiger partial charge in [0.2, 0.25) is 0 Å². The van der Waals surface area contributed by atoms with Gasteiger partial charge in [-0.25, -0.2) is 0 Å². The number of hydrogen-bond acceptors (Lipinski definition) is 4. The van der Waals surface area contributed by atoms with E-state index in [-0.39, 0.29) is 17.0 Å². The lowest BCUT2D eigenvalue weighted by molar-refractivity contribution is 0.102. The zero-order valence-corrected chi connectivity index (χ0v) is 14.8. The molecule has 27 heavy (non-hydrogen) atoms. The molecular weight excluding hydrogens is 338 g/mol. The van der Waals surface area contributed by atoms with Crippen molar-refractivity contribution in [2.75, 3.05) is 5.32 Å². The number of hydrogen-bond donors (Lipinski definition) is 2. The first-order valence-corrected chi connectivity index (χ1v) is 8.50. The molecule has 0 saturated heterocycles. The molecular formula is C22H19N3O2. The second-order valence-corrected chi connectivity index (χ2v) is 5.78. The van der Waals surface area contributed by atoms with Crippen molar-refractivity contribution in [3.05, 3.63) is 90.0 Å². The number of nitrogens with zero attached hydrogens (tertiary/aromatic N) is 2. The standard InChI is InChI=1S/C22H19N3O2/c1-2-7-16-12-14-18(15-13-16)24-25-20-11-6-10-19(21(20)26)22(27)23-17-8-4-3-5-9-17/h2-15,26H,1H3,(H,23,27). The summed E-state index contributed by atoms with van der Waals surface area (Å²) in [5.74, 6) is -0.619. The van der Waals surface area contributed by atoms with Gasteiger partial charge in [-0.1, -0.05) is 48.6 Å². The molecule has 5 heteroatoms. The summed E-state index contributed by atoms with van der Waals surface area (Å²) in [4.78, 5) is 12.4. The van der Waals surface area contributed by atoms with E-state index in [1.165, 1.54) is 0 Å². The Balaban J connectivity index is 1.79. The van der Waals surface area contributed by atoms with Crippen molar-refractivity contribution in [1.29, 1.82) is 0 Å². The summed E-state index contributed by atoms with van der Waals surface area (Å²) in [6.45, 7) is 1.96. The first-order chi connectivity index (χ1) is 13.2. The first kappa shape index (κ1) is 18.1. The van der Waals surface area contributed by atoms with Crippen LogP contribution in [0, 0.1) is 0 Å². The first-order valence-electron chi connectivity index (χ1n) is 8.50. The van der Waals surface area contributed by atoms with Gasteiger partial charge in [0.25, 0.3) is 5.91 Å². The molecule has 0 aromatic heterocycles. The van der Waals surface area contributed by atoms with Crippen LogP contribution in [0.1, 0.15) is 22.8 Å². The maximum absolute atomic E-state index is 12.4. The second-order valence-electron chi connectivity index (χ2n) is 5.78. The highest BCUT2D eigenvalue weighted by molar-refractivity contribution is 6.07. The van der Waals surface area contributed by atoms with Gasteiger partial charge >= 0.3 is 0 Å². The third-order valence-corrected chi connectivity index (χ3v) is 3.82. The van der Waals surface area contributed by atoms with Gasteiger partial charge in [-0.2, -0.15) is 5.11 Å². The topological polar surface area (TPSA) is 74.0 Å². The van der Waals surface area contributed by atoms with Crippen LogP contribution < -0.4 is 5.32 Å². The number of phenolic OH excluding ortho intramolecular Hbond substituents is 1. The highest BCUT2D eigenvalue weighted by atomic mass is 16.3. The summed E-state index contributed by atoms with van der Waals surface area (Å²) in [6, 6.07) is 21.4. The molecule has 0 spiro atoms. The number of allylic oxidation sites excluding steroid dienone is 1. The Morgan fingerprint density at radius 2 is 1.67 bits per heavy atom. The number of azo groups is 1. The smallest absolute Gasteiger partial charge is 0.259 e. The molecule has 3 aromatic rings. The predicted molar refractivity (Wildman–Crippen MR) is 108 cm³/mol. The van der Waals surface area contributed by atoms with Gasteiger partial charge < -0.3 is 10.4 Å². The van der Waals surface area contributed by atoms with Crippen molar-refractivity contribution in [3.63, 3.8) is 0 Å². The lowest BCUT2D eigenvalue weighted by Gasteiger charge is -2.07. The van der Waals surface area contributed by atoms with E-state index in [0.29, 0.717) is 11.4 Å². The predicted octanol–water partition coefficient (Wildman–Crippen LogP) is 6.09. The number of nitrogens with one attached hydrogen (secondary N) is 1. The fourth-order valence-corrected chi connectivity index (χ4v) is 2.47. The monoisotopic (exact) mass is 357 g/mol. The largest absolute Gasteiger partial charge is 0.505 e. The quantitative estimate of drug-likeness (QED) is 0.542. The summed E-state index contributed by atoms with van der Waals surface area (Å²) in [7, 11) is 0. The molecule has 0 aliphatic heterocycles. The summed E-state index contributed by atoms with van der Waals surface area (Å²) in [5, 5.41) is 21.4. The minimum absolute atomic E-state index is 0.138. The fourth-order valence-electron chi connectivity index (χ4n) is 2.47. The Hall–Kier alpha value is -3.73. The zero-order valence-electron chi connectivity index (χ0n) is 14.8. The molecule has 0 aliphatic carbocycles. The van der Waals surface area contributed by atoms with Crippen LogP contribution in [-0.2, 0) is 0 Å². The lowest BCUT2D eigenvalue weighted by atomic mass is 10.1. The fraction of sp³-hybridized carbons (Fsp3) is 0.0455. The number of amides is 1. The Bertz CT molecular complexity index is 978. The number of para-hydroxylation sites is 2. The van der Waals surface area contributed by atoms with Crippen molar-refractivity contribution in [3.8, 4) is 5.75 Å². The van der Waals surface area contributed by atoms with Gasteiger partial charge in [-0.15, -0.1) is 5.11 Å². The van der Waals surface area contributed by atoms with Crippen molar-refractivity contribution in [1.82, 2.24) is 0 Å². The zero-order chi connectivity index (χ0) is 19.1. The third kappa shape index (κ3) is 4.67. The van der Waals surface area contributed by atoms with Crippen molar-refractivity contribution < 1.29 is 9.90 Å². The minimum atomic E-state index is -0.411. The maximum atomic E-state index is 12.4. The van der Waals surface area contributed by atoms with E-state index in [9.17, 15) is 9.90 Å². The summed E-state index contributed by atoms with van der Waals surface area (Å²) < 4.78 is 0. The average Bonchev–Trinajstić information content (AvgIpc) is 2.69. The van der Waals surface area contributed by atoms with E-state index in [1.807, 2.05) is 61.5 Å². The van der Waals surface area contributed by atoms with Crippen LogP contribution >= 0.6 is 0 Å². The molecule has 2 N–H and O–H groups in total. The van der Waals surface area contributed by atoms with Crippen LogP contribution in [0.15, 0.2) is 89.1 Å². The highest BCUT2D eigenvalue weighted by Gasteiger charge is 2.14. The molecule has 0 bridgehead atoms. The van der Waals surface area contributed by atoms with Crippen LogP contribution in [0.5, 0.6) is 5.75 Å². The van der Waals surface area contributed by atoms with E-state index in [4.69, 9.17) is 0 Å². The van der Waals surface area contributed by atoms with E-state index in [0.717, 1.165) is 5.56 Å². The van der Waals surface area contributed by atoms with E-state index in [1.54, 1.807) is 30.3 Å². The molecule has 0 unspecified atom stereocenters. The lowest BCUT2D eigenvalue weighted by Crippen LogP contribution is -2.11. The Kier molecular flexibility index (Phi) is 5.74. The summed E-state index contributed by atoms with van der Waals surface area (Å²) in [6.07, 6.45) is 3.95. The number of carbonyl (C=O) groups excluding carboxylic acids is 1. The maximum Gasteiger partial charge on any atom is 0.259 e. The van der Waals surface area contributed by atoms with E-state index in [2.05, 4.69) is 15.5 Å². The molecule has 0 aliphatic rings. The molecule has 0 radical (unpaired) electrons. The van der Waals surface area contributed by atoms with E-state index < -0.39 is 5.91 Å². The molecule has 5 nitrogen and oxygen atoms in total. The van der Waals surface area contributed by atoms with E-state index >= 15 is 0 Å². The average molecular weight is 357 g/mol. The molecule has 134 valence electrons. The SMILES string of the molecule is CC=Cc1ccc(N=Nc2cccc(C(=O)Nc3ccccc3)c2O)cc1. The van der Waals surface area contributed by atoms with Crippen LogP contribution in [0.2, 0.25) is 0 Å². The number of phenols is 1. The number of rotatable bonds is 5. The number of carbonyl (C=O) groups is 1. The van der Waals surface area contributed by atoms with Crippen LogP contribution in [0.3, 0.4) is 0 Å². The molecule has 0 heterocycles. The molecule has 3 aromatic carbocycles.